The number of benzene rings is 1. The quantitative estimate of drug-likeness (QED) is 0.619. The van der Waals surface area contributed by atoms with Crippen LogP contribution in [0.1, 0.15) is 66.1 Å². The Kier molecular flexibility index (Phi) is 7.93. The van der Waals surface area contributed by atoms with Crippen LogP contribution in [0, 0.1) is 0 Å². The molecule has 1 aromatic rings. The van der Waals surface area contributed by atoms with Crippen LogP contribution in [0.4, 0.5) is 4.79 Å². The Hall–Kier alpha value is -1.71. The Morgan fingerprint density at radius 2 is 1.78 bits per heavy atom. The summed E-state index contributed by atoms with van der Waals surface area (Å²) >= 11 is 0. The third-order valence-electron chi connectivity index (χ3n) is 3.70. The minimum atomic E-state index is -0.308. The number of nitrogens with zero attached hydrogens (tertiary/aromatic N) is 1. The second kappa shape index (κ2) is 9.43. The Labute approximate surface area is 140 Å². The van der Waals surface area contributed by atoms with Gasteiger partial charge in [0.05, 0.1) is 6.61 Å². The lowest BCUT2D eigenvalue weighted by Crippen LogP contribution is -2.42. The molecule has 0 N–H and O–H groups in total. The molecule has 1 atom stereocenters. The van der Waals surface area contributed by atoms with Gasteiger partial charge in [0, 0.05) is 12.1 Å². The third-order valence-corrected chi connectivity index (χ3v) is 3.70. The van der Waals surface area contributed by atoms with Crippen LogP contribution in [0.25, 0.3) is 0 Å². The normalized spacial score (nSPS) is 12.3. The zero-order valence-corrected chi connectivity index (χ0v) is 15.3. The Bertz CT molecular complexity index is 477. The van der Waals surface area contributed by atoms with Crippen molar-refractivity contribution >= 4 is 6.09 Å². The second-order valence-corrected chi connectivity index (χ2v) is 6.40. The Morgan fingerprint density at radius 1 is 1.13 bits per heavy atom. The number of amides is 1. The van der Waals surface area contributed by atoms with Crippen molar-refractivity contribution in [3.63, 3.8) is 0 Å². The van der Waals surface area contributed by atoms with E-state index in [0.717, 1.165) is 24.2 Å². The molecule has 0 fully saturated rings. The molecule has 0 saturated carbocycles. The molecule has 23 heavy (non-hydrogen) atoms. The minimum Gasteiger partial charge on any atom is -0.494 e. The standard InChI is InChI=1S/C19H31NO3/c1-7-8-12-22-18-11-9-10-17(13-18)16(6)23-19(21)20(14(2)3)15(4)5/h9-11,13-16H,7-8,12H2,1-6H3/t16-/m1/s1. The Balaban J connectivity index is 2.71. The van der Waals surface area contributed by atoms with Crippen LogP contribution in [0.5, 0.6) is 5.75 Å². The average Bonchev–Trinajstić information content (AvgIpc) is 2.47. The van der Waals surface area contributed by atoms with E-state index in [2.05, 4.69) is 6.92 Å². The molecule has 0 radical (unpaired) electrons. The Morgan fingerprint density at radius 3 is 2.35 bits per heavy atom. The summed E-state index contributed by atoms with van der Waals surface area (Å²) in [5.41, 5.74) is 0.944. The highest BCUT2D eigenvalue weighted by Gasteiger charge is 2.23. The molecule has 0 unspecified atom stereocenters. The third kappa shape index (κ3) is 6.12. The minimum absolute atomic E-state index is 0.110. The predicted octanol–water partition coefficient (Wildman–Crippen LogP) is 5.18. The van der Waals surface area contributed by atoms with Crippen LogP contribution in [0.15, 0.2) is 24.3 Å². The van der Waals surface area contributed by atoms with Gasteiger partial charge in [-0.3, -0.25) is 0 Å². The van der Waals surface area contributed by atoms with Crippen LogP contribution in [-0.4, -0.2) is 29.7 Å². The fourth-order valence-corrected chi connectivity index (χ4v) is 2.49. The molecule has 0 heterocycles. The predicted molar refractivity (Wildman–Crippen MR) is 93.9 cm³/mol. The van der Waals surface area contributed by atoms with E-state index in [9.17, 15) is 4.79 Å². The molecule has 1 amide bonds. The lowest BCUT2D eigenvalue weighted by atomic mass is 10.1. The van der Waals surface area contributed by atoms with Crippen molar-refractivity contribution in [1.29, 1.82) is 0 Å². The van der Waals surface area contributed by atoms with E-state index in [0.29, 0.717) is 6.61 Å². The molecular formula is C19H31NO3. The lowest BCUT2D eigenvalue weighted by molar-refractivity contribution is 0.0510. The van der Waals surface area contributed by atoms with Crippen LogP contribution in [-0.2, 0) is 4.74 Å². The monoisotopic (exact) mass is 321 g/mol. The SMILES string of the molecule is CCCCOc1cccc([C@@H](C)OC(=O)N(C(C)C)C(C)C)c1. The molecule has 4 heteroatoms. The average molecular weight is 321 g/mol. The van der Waals surface area contributed by atoms with Gasteiger partial charge in [-0.1, -0.05) is 25.5 Å². The molecule has 0 aliphatic rings. The summed E-state index contributed by atoms with van der Waals surface area (Å²) in [5, 5.41) is 0. The molecule has 1 rings (SSSR count). The highest BCUT2D eigenvalue weighted by molar-refractivity contribution is 5.68. The number of rotatable bonds is 8. The molecule has 4 nitrogen and oxygen atoms in total. The summed E-state index contributed by atoms with van der Waals surface area (Å²) in [6, 6.07) is 7.99. The van der Waals surface area contributed by atoms with Crippen molar-refractivity contribution in [1.82, 2.24) is 4.90 Å². The van der Waals surface area contributed by atoms with Crippen molar-refractivity contribution in [2.24, 2.45) is 0 Å². The summed E-state index contributed by atoms with van der Waals surface area (Å²) in [7, 11) is 0. The summed E-state index contributed by atoms with van der Waals surface area (Å²) < 4.78 is 11.3. The van der Waals surface area contributed by atoms with Crippen molar-refractivity contribution in [2.75, 3.05) is 6.61 Å². The lowest BCUT2D eigenvalue weighted by Gasteiger charge is -2.31. The van der Waals surface area contributed by atoms with Crippen LogP contribution in [0.2, 0.25) is 0 Å². The molecule has 0 bridgehead atoms. The maximum Gasteiger partial charge on any atom is 0.410 e. The number of hydrogen-bond acceptors (Lipinski definition) is 3. The van der Waals surface area contributed by atoms with Crippen LogP contribution < -0.4 is 4.74 Å². The number of carbonyl (C=O) groups excluding carboxylic acids is 1. The zero-order valence-electron chi connectivity index (χ0n) is 15.3. The highest BCUT2D eigenvalue weighted by Crippen LogP contribution is 2.23. The molecule has 130 valence electrons. The van der Waals surface area contributed by atoms with E-state index in [1.54, 1.807) is 4.90 Å². The first-order valence-electron chi connectivity index (χ1n) is 8.58. The molecule has 0 aromatic heterocycles. The molecule has 0 aliphatic heterocycles. The van der Waals surface area contributed by atoms with Gasteiger partial charge >= 0.3 is 6.09 Å². The van der Waals surface area contributed by atoms with E-state index in [4.69, 9.17) is 9.47 Å². The maximum atomic E-state index is 12.4. The first-order valence-corrected chi connectivity index (χ1v) is 8.58. The summed E-state index contributed by atoms with van der Waals surface area (Å²) in [4.78, 5) is 14.1. The first kappa shape index (κ1) is 19.3. The van der Waals surface area contributed by atoms with E-state index in [-0.39, 0.29) is 24.3 Å². The van der Waals surface area contributed by atoms with Gasteiger partial charge in [-0.05, 0) is 58.7 Å². The van der Waals surface area contributed by atoms with Gasteiger partial charge in [-0.15, -0.1) is 0 Å². The van der Waals surface area contributed by atoms with Crippen molar-refractivity contribution in [3.8, 4) is 5.75 Å². The molecule has 0 saturated heterocycles. The summed E-state index contributed by atoms with van der Waals surface area (Å²) in [6.45, 7) is 12.7. The van der Waals surface area contributed by atoms with Crippen LogP contribution >= 0.6 is 0 Å². The van der Waals surface area contributed by atoms with Gasteiger partial charge in [0.25, 0.3) is 0 Å². The molecular weight excluding hydrogens is 290 g/mol. The number of ether oxygens (including phenoxy) is 2. The second-order valence-electron chi connectivity index (χ2n) is 6.40. The van der Waals surface area contributed by atoms with E-state index >= 15 is 0 Å². The molecule has 1 aromatic carbocycles. The van der Waals surface area contributed by atoms with E-state index in [1.165, 1.54) is 0 Å². The van der Waals surface area contributed by atoms with Gasteiger partial charge in [0.2, 0.25) is 0 Å². The highest BCUT2D eigenvalue weighted by atomic mass is 16.6. The fraction of sp³-hybridized carbons (Fsp3) is 0.632. The zero-order chi connectivity index (χ0) is 17.4. The van der Waals surface area contributed by atoms with Gasteiger partial charge in [-0.25, -0.2) is 4.79 Å². The maximum absolute atomic E-state index is 12.4. The number of unbranched alkanes of at least 4 members (excludes halogenated alkanes) is 1. The fourth-order valence-electron chi connectivity index (χ4n) is 2.49. The van der Waals surface area contributed by atoms with Gasteiger partial charge in [0.15, 0.2) is 0 Å². The van der Waals surface area contributed by atoms with Crippen molar-refractivity contribution < 1.29 is 14.3 Å². The summed E-state index contributed by atoms with van der Waals surface area (Å²) in [5.74, 6) is 0.823. The van der Waals surface area contributed by atoms with Gasteiger partial charge < -0.3 is 14.4 Å². The molecule has 0 spiro atoms. The summed E-state index contributed by atoms with van der Waals surface area (Å²) in [6.07, 6.45) is 1.55. The van der Waals surface area contributed by atoms with E-state index < -0.39 is 0 Å². The van der Waals surface area contributed by atoms with Crippen molar-refractivity contribution in [3.05, 3.63) is 29.8 Å². The molecule has 0 aliphatic carbocycles. The van der Waals surface area contributed by atoms with E-state index in [1.807, 2.05) is 58.9 Å². The topological polar surface area (TPSA) is 38.8 Å². The van der Waals surface area contributed by atoms with Gasteiger partial charge in [-0.2, -0.15) is 0 Å². The largest absolute Gasteiger partial charge is 0.494 e. The van der Waals surface area contributed by atoms with Crippen molar-refractivity contribution in [2.45, 2.75) is 72.6 Å². The van der Waals surface area contributed by atoms with Crippen LogP contribution in [0.3, 0.4) is 0 Å². The smallest absolute Gasteiger partial charge is 0.410 e. The van der Waals surface area contributed by atoms with Gasteiger partial charge in [0.1, 0.15) is 11.9 Å². The number of hydrogen-bond donors (Lipinski definition) is 0. The number of carbonyl (C=O) groups is 1. The first-order chi connectivity index (χ1) is 10.9.